The average molecular weight is 406 g/mol. The fraction of sp³-hybridized carbons (Fsp3) is 0.185. The van der Waals surface area contributed by atoms with Crippen molar-refractivity contribution in [3.63, 3.8) is 0 Å². The fourth-order valence-electron chi connectivity index (χ4n) is 4.62. The first-order valence-corrected chi connectivity index (χ1v) is 10.6. The fourth-order valence-corrected chi connectivity index (χ4v) is 4.62. The lowest BCUT2D eigenvalue weighted by Crippen LogP contribution is -2.45. The summed E-state index contributed by atoms with van der Waals surface area (Å²) in [7, 11) is 0. The number of piperidine rings is 1. The van der Waals surface area contributed by atoms with Crippen molar-refractivity contribution in [2.24, 2.45) is 4.99 Å². The number of rotatable bonds is 1. The van der Waals surface area contributed by atoms with Crippen molar-refractivity contribution in [3.05, 3.63) is 107 Å². The van der Waals surface area contributed by atoms with E-state index in [-0.39, 0.29) is 0 Å². The topological polar surface area (TPSA) is 59.6 Å². The molecule has 0 aromatic heterocycles. The van der Waals surface area contributed by atoms with Gasteiger partial charge in [0.25, 0.3) is 0 Å². The van der Waals surface area contributed by atoms with Crippen molar-refractivity contribution in [3.8, 4) is 6.07 Å². The van der Waals surface area contributed by atoms with Gasteiger partial charge in [0.15, 0.2) is 0 Å². The minimum Gasteiger partial charge on any atom is -0.385 e. The summed E-state index contributed by atoms with van der Waals surface area (Å²) in [5.41, 5.74) is 4.91. The predicted octanol–water partition coefficient (Wildman–Crippen LogP) is 5.02. The summed E-state index contributed by atoms with van der Waals surface area (Å²) in [6.07, 6.45) is 2.89. The standard InChI is InChI=1S/C27H23N3O/c28-17-14-22-21-10-4-5-12-24(21)26(29-25-13-7-6-11-23(22)25)30-18-15-27(31,16-19-30)20-8-2-1-3-9-20/h1-14,31H,15-16,18-19H2/b22-14+. The van der Waals surface area contributed by atoms with Gasteiger partial charge in [0.1, 0.15) is 5.84 Å². The van der Waals surface area contributed by atoms with Crippen LogP contribution in [0, 0.1) is 11.3 Å². The Bertz CT molecular complexity index is 1210. The van der Waals surface area contributed by atoms with Crippen molar-refractivity contribution in [1.82, 2.24) is 4.90 Å². The molecule has 0 atom stereocenters. The van der Waals surface area contributed by atoms with Crippen molar-refractivity contribution in [2.45, 2.75) is 18.4 Å². The molecule has 0 bridgehead atoms. The largest absolute Gasteiger partial charge is 0.385 e. The smallest absolute Gasteiger partial charge is 0.137 e. The van der Waals surface area contributed by atoms with Gasteiger partial charge in [0, 0.05) is 35.9 Å². The van der Waals surface area contributed by atoms with Gasteiger partial charge >= 0.3 is 0 Å². The van der Waals surface area contributed by atoms with E-state index in [9.17, 15) is 10.4 Å². The molecule has 0 radical (unpaired) electrons. The van der Waals surface area contributed by atoms with E-state index in [0.717, 1.165) is 39.3 Å². The molecule has 31 heavy (non-hydrogen) atoms. The van der Waals surface area contributed by atoms with Crippen LogP contribution >= 0.6 is 0 Å². The highest BCUT2D eigenvalue weighted by molar-refractivity contribution is 6.08. The maximum absolute atomic E-state index is 11.3. The molecule has 152 valence electrons. The number of aliphatic imine (C=N–C) groups is 1. The van der Waals surface area contributed by atoms with Crippen molar-refractivity contribution < 1.29 is 5.11 Å². The van der Waals surface area contributed by atoms with Gasteiger partial charge in [-0.3, -0.25) is 0 Å². The SMILES string of the molecule is N#C/C=C1/c2ccccc2N=C(N2CCC(O)(c3ccccc3)CC2)c2ccccc21. The molecule has 0 aliphatic carbocycles. The molecule has 2 aliphatic rings. The molecule has 0 saturated carbocycles. The van der Waals surface area contributed by atoms with E-state index < -0.39 is 5.60 Å². The van der Waals surface area contributed by atoms with Gasteiger partial charge in [-0.2, -0.15) is 5.26 Å². The monoisotopic (exact) mass is 405 g/mol. The molecular weight excluding hydrogens is 382 g/mol. The normalized spacial score (nSPS) is 18.4. The van der Waals surface area contributed by atoms with Crippen LogP contribution in [0.3, 0.4) is 0 Å². The Morgan fingerprint density at radius 1 is 0.839 bits per heavy atom. The Morgan fingerprint density at radius 3 is 2.16 bits per heavy atom. The van der Waals surface area contributed by atoms with Crippen LogP contribution in [0.4, 0.5) is 5.69 Å². The zero-order valence-electron chi connectivity index (χ0n) is 17.2. The van der Waals surface area contributed by atoms with Crippen LogP contribution in [0.2, 0.25) is 0 Å². The summed E-state index contributed by atoms with van der Waals surface area (Å²) in [6, 6.07) is 28.3. The summed E-state index contributed by atoms with van der Waals surface area (Å²) in [6.45, 7) is 1.41. The van der Waals surface area contributed by atoms with Crippen LogP contribution in [0.1, 0.15) is 35.1 Å². The van der Waals surface area contributed by atoms with Gasteiger partial charge < -0.3 is 10.0 Å². The molecule has 0 unspecified atom stereocenters. The third kappa shape index (κ3) is 3.43. The molecular formula is C27H23N3O. The van der Waals surface area contributed by atoms with Gasteiger partial charge in [0.2, 0.25) is 0 Å². The minimum absolute atomic E-state index is 0.640. The molecule has 3 aromatic rings. The highest BCUT2D eigenvalue weighted by Crippen LogP contribution is 2.39. The number of hydrogen-bond donors (Lipinski definition) is 1. The number of benzene rings is 3. The Balaban J connectivity index is 1.55. The molecule has 4 nitrogen and oxygen atoms in total. The second-order valence-corrected chi connectivity index (χ2v) is 8.07. The Kier molecular flexibility index (Phi) is 4.89. The summed E-state index contributed by atoms with van der Waals surface area (Å²) in [5, 5.41) is 20.7. The first kappa shape index (κ1) is 19.3. The molecule has 3 aromatic carbocycles. The van der Waals surface area contributed by atoms with E-state index in [1.165, 1.54) is 0 Å². The summed E-state index contributed by atoms with van der Waals surface area (Å²) in [5.74, 6) is 0.902. The number of para-hydroxylation sites is 1. The van der Waals surface area contributed by atoms with Gasteiger partial charge in [0.05, 0.1) is 17.4 Å². The Morgan fingerprint density at radius 2 is 1.45 bits per heavy atom. The number of nitrogens with zero attached hydrogens (tertiary/aromatic N) is 3. The molecule has 2 heterocycles. The van der Waals surface area contributed by atoms with Crippen molar-refractivity contribution in [2.75, 3.05) is 13.1 Å². The molecule has 0 spiro atoms. The van der Waals surface area contributed by atoms with E-state index in [2.05, 4.69) is 23.1 Å². The van der Waals surface area contributed by atoms with E-state index in [4.69, 9.17) is 4.99 Å². The van der Waals surface area contributed by atoms with E-state index >= 15 is 0 Å². The zero-order chi connectivity index (χ0) is 21.3. The second kappa shape index (κ2) is 7.86. The maximum Gasteiger partial charge on any atom is 0.137 e. The number of aliphatic hydroxyl groups is 1. The van der Waals surface area contributed by atoms with Gasteiger partial charge in [-0.25, -0.2) is 4.99 Å². The first-order valence-electron chi connectivity index (χ1n) is 10.6. The zero-order valence-corrected chi connectivity index (χ0v) is 17.2. The minimum atomic E-state index is -0.813. The number of nitriles is 1. The number of amidine groups is 1. The molecule has 0 amide bonds. The highest BCUT2D eigenvalue weighted by Gasteiger charge is 2.36. The second-order valence-electron chi connectivity index (χ2n) is 8.07. The Hall–Kier alpha value is -3.68. The van der Waals surface area contributed by atoms with Crippen LogP contribution in [0.15, 0.2) is 89.9 Å². The molecule has 1 N–H and O–H groups in total. The number of fused-ring (bicyclic) bond motifs is 2. The highest BCUT2D eigenvalue weighted by atomic mass is 16.3. The van der Waals surface area contributed by atoms with Crippen molar-refractivity contribution >= 4 is 17.1 Å². The number of hydrogen-bond acceptors (Lipinski definition) is 4. The van der Waals surface area contributed by atoms with Crippen LogP contribution in [-0.2, 0) is 5.60 Å². The van der Waals surface area contributed by atoms with Gasteiger partial charge in [-0.05, 0) is 30.0 Å². The molecule has 2 aliphatic heterocycles. The quantitative estimate of drug-likeness (QED) is 0.579. The first-order chi connectivity index (χ1) is 15.2. The van der Waals surface area contributed by atoms with Crippen LogP contribution in [0.5, 0.6) is 0 Å². The predicted molar refractivity (Wildman–Crippen MR) is 123 cm³/mol. The average Bonchev–Trinajstić information content (AvgIpc) is 2.96. The molecule has 4 heteroatoms. The van der Waals surface area contributed by atoms with E-state index in [0.29, 0.717) is 25.9 Å². The molecule has 1 fully saturated rings. The molecule has 5 rings (SSSR count). The lowest BCUT2D eigenvalue weighted by atomic mass is 9.84. The third-order valence-corrected chi connectivity index (χ3v) is 6.29. The number of likely N-dealkylation sites (tertiary alicyclic amines) is 1. The number of allylic oxidation sites excluding steroid dienone is 1. The van der Waals surface area contributed by atoms with Gasteiger partial charge in [-0.15, -0.1) is 0 Å². The van der Waals surface area contributed by atoms with Crippen LogP contribution < -0.4 is 0 Å². The van der Waals surface area contributed by atoms with Gasteiger partial charge in [-0.1, -0.05) is 72.8 Å². The van der Waals surface area contributed by atoms with E-state index in [1.54, 1.807) is 6.08 Å². The van der Waals surface area contributed by atoms with Crippen LogP contribution in [0.25, 0.3) is 5.57 Å². The lowest BCUT2D eigenvalue weighted by Gasteiger charge is -2.40. The van der Waals surface area contributed by atoms with Crippen molar-refractivity contribution in [1.29, 1.82) is 5.26 Å². The van der Waals surface area contributed by atoms with E-state index in [1.807, 2.05) is 66.7 Å². The summed E-state index contributed by atoms with van der Waals surface area (Å²) in [4.78, 5) is 7.33. The maximum atomic E-state index is 11.3. The third-order valence-electron chi connectivity index (χ3n) is 6.29. The molecule has 1 saturated heterocycles. The lowest BCUT2D eigenvalue weighted by molar-refractivity contribution is -0.0120. The van der Waals surface area contributed by atoms with Crippen LogP contribution in [-0.4, -0.2) is 28.9 Å². The summed E-state index contributed by atoms with van der Waals surface area (Å²) >= 11 is 0. The summed E-state index contributed by atoms with van der Waals surface area (Å²) < 4.78 is 0. The Labute approximate surface area is 182 Å².